The molecule has 0 aromatic heterocycles. The molecule has 0 radical (unpaired) electrons. The van der Waals surface area contributed by atoms with Gasteiger partial charge in [-0.2, -0.15) is 0 Å². The highest BCUT2D eigenvalue weighted by Gasteiger charge is 2.29. The molecule has 2 aromatic rings. The van der Waals surface area contributed by atoms with Crippen molar-refractivity contribution in [1.82, 2.24) is 4.90 Å². The third kappa shape index (κ3) is 4.42. The SMILES string of the molecule is O=C(O)c1ccc(CC(=O)N2CCC(C(=O)c3cc(F)ccc3F)CC2)cc1. The highest BCUT2D eigenvalue weighted by atomic mass is 19.1. The fourth-order valence-corrected chi connectivity index (χ4v) is 3.35. The molecule has 0 aliphatic carbocycles. The van der Waals surface area contributed by atoms with Gasteiger partial charge < -0.3 is 10.0 Å². The van der Waals surface area contributed by atoms with E-state index in [9.17, 15) is 23.2 Å². The standard InChI is InChI=1S/C21H19F2NO4/c22-16-5-6-18(23)17(12-16)20(26)14-7-9-24(10-8-14)19(25)11-13-1-3-15(4-2-13)21(27)28/h1-6,12,14H,7-11H2,(H,27,28). The van der Waals surface area contributed by atoms with Crippen molar-refractivity contribution in [2.45, 2.75) is 19.3 Å². The number of amides is 1. The van der Waals surface area contributed by atoms with Crippen LogP contribution in [0.4, 0.5) is 8.78 Å². The number of piperidine rings is 1. The van der Waals surface area contributed by atoms with Crippen LogP contribution in [0.5, 0.6) is 0 Å². The zero-order chi connectivity index (χ0) is 20.3. The molecular weight excluding hydrogens is 368 g/mol. The van der Waals surface area contributed by atoms with Gasteiger partial charge in [0, 0.05) is 19.0 Å². The lowest BCUT2D eigenvalue weighted by Crippen LogP contribution is -2.41. The summed E-state index contributed by atoms with van der Waals surface area (Å²) in [6, 6.07) is 8.92. The molecule has 2 aromatic carbocycles. The molecule has 7 heteroatoms. The number of aromatic carboxylic acids is 1. The number of hydrogen-bond donors (Lipinski definition) is 1. The van der Waals surface area contributed by atoms with E-state index in [0.29, 0.717) is 31.5 Å². The Hall–Kier alpha value is -3.09. The Balaban J connectivity index is 1.57. The summed E-state index contributed by atoms with van der Waals surface area (Å²) in [6.07, 6.45) is 0.911. The number of nitrogens with zero attached hydrogens (tertiary/aromatic N) is 1. The van der Waals surface area contributed by atoms with Gasteiger partial charge in [0.2, 0.25) is 5.91 Å². The Morgan fingerprint density at radius 1 is 1.00 bits per heavy atom. The van der Waals surface area contributed by atoms with Gasteiger partial charge in [0.25, 0.3) is 0 Å². The Morgan fingerprint density at radius 3 is 2.25 bits per heavy atom. The number of carboxylic acids is 1. The Kier molecular flexibility index (Phi) is 5.82. The van der Waals surface area contributed by atoms with Gasteiger partial charge in [0.1, 0.15) is 11.6 Å². The number of Topliss-reactive ketones (excluding diaryl/α,β-unsaturated/α-hetero) is 1. The highest BCUT2D eigenvalue weighted by molar-refractivity contribution is 5.98. The third-order valence-electron chi connectivity index (χ3n) is 4.97. The van der Waals surface area contributed by atoms with Crippen LogP contribution in [0.2, 0.25) is 0 Å². The fraction of sp³-hybridized carbons (Fsp3) is 0.286. The van der Waals surface area contributed by atoms with Gasteiger partial charge in [-0.15, -0.1) is 0 Å². The predicted octanol–water partition coefficient (Wildman–Crippen LogP) is 3.33. The topological polar surface area (TPSA) is 74.7 Å². The van der Waals surface area contributed by atoms with Crippen LogP contribution in [0.3, 0.4) is 0 Å². The van der Waals surface area contributed by atoms with Crippen molar-refractivity contribution >= 4 is 17.7 Å². The van der Waals surface area contributed by atoms with Crippen LogP contribution in [-0.4, -0.2) is 40.8 Å². The summed E-state index contributed by atoms with van der Waals surface area (Å²) in [5.41, 5.74) is 0.610. The molecule has 0 saturated carbocycles. The molecule has 146 valence electrons. The lowest BCUT2D eigenvalue weighted by atomic mass is 9.88. The van der Waals surface area contributed by atoms with E-state index in [1.54, 1.807) is 17.0 Å². The number of ketones is 1. The summed E-state index contributed by atoms with van der Waals surface area (Å²) in [6.45, 7) is 0.721. The number of carbonyl (C=O) groups excluding carboxylic acids is 2. The number of halogens is 2. The summed E-state index contributed by atoms with van der Waals surface area (Å²) in [5, 5.41) is 8.90. The van der Waals surface area contributed by atoms with E-state index in [1.807, 2.05) is 0 Å². The van der Waals surface area contributed by atoms with E-state index in [1.165, 1.54) is 12.1 Å². The first-order valence-corrected chi connectivity index (χ1v) is 8.94. The van der Waals surface area contributed by atoms with Crippen molar-refractivity contribution < 1.29 is 28.3 Å². The van der Waals surface area contributed by atoms with Crippen LogP contribution in [-0.2, 0) is 11.2 Å². The minimum Gasteiger partial charge on any atom is -0.478 e. The third-order valence-corrected chi connectivity index (χ3v) is 4.97. The first kappa shape index (κ1) is 19.7. The number of carboxylic acid groups (broad SMARTS) is 1. The smallest absolute Gasteiger partial charge is 0.335 e. The molecule has 0 bridgehead atoms. The summed E-state index contributed by atoms with van der Waals surface area (Å²) in [4.78, 5) is 37.4. The molecule has 3 rings (SSSR count). The van der Waals surface area contributed by atoms with E-state index >= 15 is 0 Å². The van der Waals surface area contributed by atoms with Crippen LogP contribution in [0.15, 0.2) is 42.5 Å². The minimum atomic E-state index is -1.03. The molecule has 1 saturated heterocycles. The van der Waals surface area contributed by atoms with E-state index < -0.39 is 29.3 Å². The average Bonchev–Trinajstić information content (AvgIpc) is 2.69. The quantitative estimate of drug-likeness (QED) is 0.799. The predicted molar refractivity (Wildman–Crippen MR) is 97.1 cm³/mol. The molecule has 1 N–H and O–H groups in total. The maximum absolute atomic E-state index is 13.8. The lowest BCUT2D eigenvalue weighted by molar-refractivity contribution is -0.131. The Labute approximate surface area is 160 Å². The van der Waals surface area contributed by atoms with Gasteiger partial charge in [-0.05, 0) is 48.7 Å². The number of hydrogen-bond acceptors (Lipinski definition) is 3. The zero-order valence-corrected chi connectivity index (χ0v) is 15.0. The molecule has 0 spiro atoms. The second-order valence-electron chi connectivity index (χ2n) is 6.82. The highest BCUT2D eigenvalue weighted by Crippen LogP contribution is 2.24. The van der Waals surface area contributed by atoms with Crippen molar-refractivity contribution in [3.63, 3.8) is 0 Å². The molecule has 0 atom stereocenters. The fourth-order valence-electron chi connectivity index (χ4n) is 3.35. The zero-order valence-electron chi connectivity index (χ0n) is 15.0. The number of likely N-dealkylation sites (tertiary alicyclic amines) is 1. The van der Waals surface area contributed by atoms with Crippen molar-refractivity contribution in [3.8, 4) is 0 Å². The molecular formula is C21H19F2NO4. The van der Waals surface area contributed by atoms with Crippen LogP contribution in [0.1, 0.15) is 39.1 Å². The molecule has 1 amide bonds. The number of rotatable bonds is 5. The van der Waals surface area contributed by atoms with Gasteiger partial charge in [-0.1, -0.05) is 12.1 Å². The van der Waals surface area contributed by atoms with Crippen LogP contribution in [0.25, 0.3) is 0 Å². The largest absolute Gasteiger partial charge is 0.478 e. The van der Waals surface area contributed by atoms with Gasteiger partial charge in [-0.25, -0.2) is 13.6 Å². The maximum Gasteiger partial charge on any atom is 0.335 e. The Morgan fingerprint density at radius 2 is 1.64 bits per heavy atom. The lowest BCUT2D eigenvalue weighted by Gasteiger charge is -2.31. The van der Waals surface area contributed by atoms with E-state index in [2.05, 4.69) is 0 Å². The first-order valence-electron chi connectivity index (χ1n) is 8.94. The van der Waals surface area contributed by atoms with Crippen molar-refractivity contribution in [2.75, 3.05) is 13.1 Å². The van der Waals surface area contributed by atoms with Crippen LogP contribution < -0.4 is 0 Å². The van der Waals surface area contributed by atoms with Gasteiger partial charge in [-0.3, -0.25) is 9.59 Å². The van der Waals surface area contributed by atoms with Crippen molar-refractivity contribution in [2.24, 2.45) is 5.92 Å². The second kappa shape index (κ2) is 8.29. The van der Waals surface area contributed by atoms with Crippen molar-refractivity contribution in [1.29, 1.82) is 0 Å². The van der Waals surface area contributed by atoms with Gasteiger partial charge in [0.15, 0.2) is 5.78 Å². The molecule has 1 aliphatic heterocycles. The van der Waals surface area contributed by atoms with Crippen LogP contribution in [0, 0.1) is 17.6 Å². The van der Waals surface area contributed by atoms with E-state index in [-0.39, 0.29) is 23.5 Å². The summed E-state index contributed by atoms with van der Waals surface area (Å²) >= 11 is 0. The Bertz CT molecular complexity index is 903. The molecule has 1 aliphatic rings. The second-order valence-corrected chi connectivity index (χ2v) is 6.82. The maximum atomic E-state index is 13.8. The molecule has 5 nitrogen and oxygen atoms in total. The van der Waals surface area contributed by atoms with Gasteiger partial charge in [0.05, 0.1) is 17.5 Å². The number of carbonyl (C=O) groups is 3. The van der Waals surface area contributed by atoms with E-state index in [0.717, 1.165) is 18.2 Å². The minimum absolute atomic E-state index is 0.120. The van der Waals surface area contributed by atoms with Crippen molar-refractivity contribution in [3.05, 3.63) is 70.8 Å². The average molecular weight is 387 g/mol. The molecule has 1 heterocycles. The summed E-state index contributed by atoms with van der Waals surface area (Å²) in [5.74, 6) is -3.44. The molecule has 0 unspecified atom stereocenters. The molecule has 28 heavy (non-hydrogen) atoms. The number of benzene rings is 2. The summed E-state index contributed by atoms with van der Waals surface area (Å²) in [7, 11) is 0. The normalized spacial score (nSPS) is 14.7. The van der Waals surface area contributed by atoms with Crippen LogP contribution >= 0.6 is 0 Å². The summed E-state index contributed by atoms with van der Waals surface area (Å²) < 4.78 is 27.1. The monoisotopic (exact) mass is 387 g/mol. The molecule has 1 fully saturated rings. The first-order chi connectivity index (χ1) is 13.3. The van der Waals surface area contributed by atoms with E-state index in [4.69, 9.17) is 5.11 Å². The van der Waals surface area contributed by atoms with Gasteiger partial charge >= 0.3 is 5.97 Å².